The quantitative estimate of drug-likeness (QED) is 0.740. The number of aryl methyl sites for hydroxylation is 1. The minimum Gasteiger partial charge on any atom is -0.454 e. The second-order valence-corrected chi connectivity index (χ2v) is 7.87. The molecule has 5 rings (SSSR count). The molecule has 1 aromatic heterocycles. The van der Waals surface area contributed by atoms with Gasteiger partial charge in [0.15, 0.2) is 11.5 Å². The van der Waals surface area contributed by atoms with E-state index in [2.05, 4.69) is 41.2 Å². The van der Waals surface area contributed by atoms with E-state index in [1.54, 1.807) is 6.20 Å². The number of aliphatic hydroxyl groups excluding tert-OH is 1. The molecule has 0 amide bonds. The van der Waals surface area contributed by atoms with Crippen molar-refractivity contribution in [3.8, 4) is 17.2 Å². The SMILES string of the molecule is Cc1cc(-n2cccn2)ccc1CN1CC[C@@H](c2ccc3c(c2)OCO3)[C@H](O)C1. The van der Waals surface area contributed by atoms with Crippen molar-refractivity contribution in [1.29, 1.82) is 0 Å². The van der Waals surface area contributed by atoms with Gasteiger partial charge in [-0.05, 0) is 66.9 Å². The highest BCUT2D eigenvalue weighted by Crippen LogP contribution is 2.37. The van der Waals surface area contributed by atoms with Crippen molar-refractivity contribution in [2.75, 3.05) is 19.9 Å². The molecule has 1 N–H and O–H groups in total. The fourth-order valence-corrected chi connectivity index (χ4v) is 4.34. The van der Waals surface area contributed by atoms with Gasteiger partial charge in [-0.25, -0.2) is 4.68 Å². The average molecular weight is 391 g/mol. The molecule has 150 valence electrons. The largest absolute Gasteiger partial charge is 0.454 e. The number of rotatable bonds is 4. The Bertz CT molecular complexity index is 1000. The van der Waals surface area contributed by atoms with Crippen LogP contribution in [0.25, 0.3) is 5.69 Å². The molecular formula is C23H25N3O3. The van der Waals surface area contributed by atoms with Crippen LogP contribution in [0.3, 0.4) is 0 Å². The van der Waals surface area contributed by atoms with Crippen LogP contribution in [0.1, 0.15) is 29.0 Å². The van der Waals surface area contributed by atoms with Crippen molar-refractivity contribution in [3.63, 3.8) is 0 Å². The molecule has 6 nitrogen and oxygen atoms in total. The molecule has 0 unspecified atom stereocenters. The first-order valence-corrected chi connectivity index (χ1v) is 10.1. The molecule has 0 saturated carbocycles. The first-order valence-electron chi connectivity index (χ1n) is 10.1. The Labute approximate surface area is 170 Å². The van der Waals surface area contributed by atoms with Crippen LogP contribution in [0.5, 0.6) is 11.5 Å². The monoisotopic (exact) mass is 391 g/mol. The summed E-state index contributed by atoms with van der Waals surface area (Å²) in [6.07, 6.45) is 4.26. The van der Waals surface area contributed by atoms with Gasteiger partial charge < -0.3 is 14.6 Å². The second kappa shape index (κ2) is 7.54. The molecule has 2 aromatic carbocycles. The normalized spacial score (nSPS) is 21.4. The Balaban J connectivity index is 1.25. The summed E-state index contributed by atoms with van der Waals surface area (Å²) < 4.78 is 12.8. The Hall–Kier alpha value is -2.83. The van der Waals surface area contributed by atoms with Gasteiger partial charge in [-0.2, -0.15) is 5.10 Å². The maximum absolute atomic E-state index is 10.8. The summed E-state index contributed by atoms with van der Waals surface area (Å²) in [5.74, 6) is 1.70. The van der Waals surface area contributed by atoms with Crippen LogP contribution in [-0.2, 0) is 6.54 Å². The first kappa shape index (κ1) is 18.2. The lowest BCUT2D eigenvalue weighted by Gasteiger charge is -2.36. The number of hydrogen-bond acceptors (Lipinski definition) is 5. The number of fused-ring (bicyclic) bond motifs is 1. The number of β-amino-alcohol motifs (C(OH)–C–C–N with tert-alkyl or cyclic N) is 1. The van der Waals surface area contributed by atoms with Crippen LogP contribution in [0, 0.1) is 6.92 Å². The number of aliphatic hydroxyl groups is 1. The molecular weight excluding hydrogens is 366 g/mol. The van der Waals surface area contributed by atoms with E-state index in [0.717, 1.165) is 42.3 Å². The van der Waals surface area contributed by atoms with Crippen LogP contribution in [0.4, 0.5) is 0 Å². The van der Waals surface area contributed by atoms with E-state index in [4.69, 9.17) is 9.47 Å². The summed E-state index contributed by atoms with van der Waals surface area (Å²) in [7, 11) is 0. The zero-order valence-electron chi connectivity index (χ0n) is 16.5. The van der Waals surface area contributed by atoms with Crippen molar-refractivity contribution < 1.29 is 14.6 Å². The lowest BCUT2D eigenvalue weighted by Crippen LogP contribution is -2.42. The van der Waals surface area contributed by atoms with E-state index in [1.807, 2.05) is 29.1 Å². The van der Waals surface area contributed by atoms with E-state index in [-0.39, 0.29) is 12.7 Å². The number of benzene rings is 2. The van der Waals surface area contributed by atoms with E-state index >= 15 is 0 Å². The summed E-state index contributed by atoms with van der Waals surface area (Å²) in [6, 6.07) is 14.4. The minimum absolute atomic E-state index is 0.129. The van der Waals surface area contributed by atoms with Gasteiger partial charge in [0.2, 0.25) is 6.79 Å². The molecule has 3 heterocycles. The third-order valence-electron chi connectivity index (χ3n) is 5.98. The van der Waals surface area contributed by atoms with Crippen LogP contribution >= 0.6 is 0 Å². The average Bonchev–Trinajstić information content (AvgIpc) is 3.41. The van der Waals surface area contributed by atoms with Gasteiger partial charge in [0.25, 0.3) is 0 Å². The van der Waals surface area contributed by atoms with Crippen molar-refractivity contribution in [1.82, 2.24) is 14.7 Å². The van der Waals surface area contributed by atoms with Crippen molar-refractivity contribution in [3.05, 3.63) is 71.5 Å². The molecule has 2 aliphatic rings. The highest BCUT2D eigenvalue weighted by molar-refractivity contribution is 5.46. The van der Waals surface area contributed by atoms with E-state index in [0.29, 0.717) is 6.54 Å². The fraction of sp³-hybridized carbons (Fsp3) is 0.348. The molecule has 2 aliphatic heterocycles. The summed E-state index contributed by atoms with van der Waals surface area (Å²) in [6.45, 7) is 4.88. The van der Waals surface area contributed by atoms with Gasteiger partial charge in [0, 0.05) is 31.4 Å². The molecule has 29 heavy (non-hydrogen) atoms. The van der Waals surface area contributed by atoms with E-state index in [9.17, 15) is 5.11 Å². The zero-order chi connectivity index (χ0) is 19.8. The predicted octanol–water partition coefficient (Wildman–Crippen LogP) is 3.26. The molecule has 1 saturated heterocycles. The van der Waals surface area contributed by atoms with E-state index in [1.165, 1.54) is 11.1 Å². The lowest BCUT2D eigenvalue weighted by molar-refractivity contribution is 0.0475. The molecule has 0 bridgehead atoms. The number of hydrogen-bond donors (Lipinski definition) is 1. The maximum atomic E-state index is 10.8. The number of ether oxygens (including phenoxy) is 2. The van der Waals surface area contributed by atoms with Crippen LogP contribution in [0.15, 0.2) is 54.9 Å². The van der Waals surface area contributed by atoms with Crippen molar-refractivity contribution in [2.45, 2.75) is 31.9 Å². The Morgan fingerprint density at radius 3 is 2.83 bits per heavy atom. The summed E-state index contributed by atoms with van der Waals surface area (Å²) >= 11 is 0. The molecule has 1 fully saturated rings. The van der Waals surface area contributed by atoms with E-state index < -0.39 is 6.10 Å². The Morgan fingerprint density at radius 1 is 1.14 bits per heavy atom. The summed E-state index contributed by atoms with van der Waals surface area (Å²) in [5, 5.41) is 15.1. The predicted molar refractivity (Wildman–Crippen MR) is 110 cm³/mol. The minimum atomic E-state index is -0.396. The second-order valence-electron chi connectivity index (χ2n) is 7.87. The fourth-order valence-electron chi connectivity index (χ4n) is 4.34. The maximum Gasteiger partial charge on any atom is 0.231 e. The molecule has 0 radical (unpaired) electrons. The first-order chi connectivity index (χ1) is 14.2. The van der Waals surface area contributed by atoms with Gasteiger partial charge in [-0.15, -0.1) is 0 Å². The smallest absolute Gasteiger partial charge is 0.231 e. The summed E-state index contributed by atoms with van der Waals surface area (Å²) in [5.41, 5.74) is 4.72. The number of piperidine rings is 1. The molecule has 0 aliphatic carbocycles. The number of nitrogens with zero attached hydrogens (tertiary/aromatic N) is 3. The Kier molecular flexibility index (Phi) is 4.73. The highest BCUT2D eigenvalue weighted by Gasteiger charge is 2.30. The molecule has 3 aromatic rings. The third-order valence-corrected chi connectivity index (χ3v) is 5.98. The van der Waals surface area contributed by atoms with Crippen molar-refractivity contribution >= 4 is 0 Å². The lowest BCUT2D eigenvalue weighted by atomic mass is 9.86. The van der Waals surface area contributed by atoms with Gasteiger partial charge >= 0.3 is 0 Å². The van der Waals surface area contributed by atoms with Gasteiger partial charge in [0.1, 0.15) is 0 Å². The topological polar surface area (TPSA) is 59.8 Å². The summed E-state index contributed by atoms with van der Waals surface area (Å²) in [4.78, 5) is 2.34. The van der Waals surface area contributed by atoms with Gasteiger partial charge in [-0.1, -0.05) is 12.1 Å². The van der Waals surface area contributed by atoms with Gasteiger partial charge in [-0.3, -0.25) is 4.90 Å². The Morgan fingerprint density at radius 2 is 2.03 bits per heavy atom. The molecule has 0 spiro atoms. The van der Waals surface area contributed by atoms with Crippen LogP contribution in [0.2, 0.25) is 0 Å². The van der Waals surface area contributed by atoms with Crippen LogP contribution in [-0.4, -0.2) is 45.8 Å². The van der Waals surface area contributed by atoms with Crippen LogP contribution < -0.4 is 9.47 Å². The zero-order valence-corrected chi connectivity index (χ0v) is 16.5. The molecule has 2 atom stereocenters. The number of aromatic nitrogens is 2. The molecule has 6 heteroatoms. The standard InChI is InChI=1S/C23H25N3O3/c1-16-11-19(26-9-2-8-24-26)5-3-18(16)13-25-10-7-20(21(27)14-25)17-4-6-22-23(12-17)29-15-28-22/h2-6,8-9,11-12,20-21,27H,7,10,13-15H2,1H3/t20-,21+/m0/s1. The van der Waals surface area contributed by atoms with Gasteiger partial charge in [0.05, 0.1) is 11.8 Å². The number of likely N-dealkylation sites (tertiary alicyclic amines) is 1. The van der Waals surface area contributed by atoms with Crippen molar-refractivity contribution in [2.24, 2.45) is 0 Å². The third kappa shape index (κ3) is 3.61. The highest BCUT2D eigenvalue weighted by atomic mass is 16.7.